The molecule has 0 saturated carbocycles. The van der Waals surface area contributed by atoms with Crippen molar-refractivity contribution < 1.29 is 9.90 Å². The van der Waals surface area contributed by atoms with Crippen LogP contribution in [0.4, 0.5) is 5.69 Å². The summed E-state index contributed by atoms with van der Waals surface area (Å²) in [7, 11) is 2.01. The highest BCUT2D eigenvalue weighted by molar-refractivity contribution is 5.95. The number of carbonyl (C=O) groups excluding carboxylic acids is 1. The van der Waals surface area contributed by atoms with E-state index in [4.69, 9.17) is 0 Å². The second-order valence-corrected chi connectivity index (χ2v) is 6.09. The van der Waals surface area contributed by atoms with E-state index in [1.807, 2.05) is 43.6 Å². The number of anilines is 1. The van der Waals surface area contributed by atoms with E-state index in [-0.39, 0.29) is 5.91 Å². The number of aryl methyl sites for hydroxylation is 1. The zero-order valence-electron chi connectivity index (χ0n) is 13.4. The van der Waals surface area contributed by atoms with Gasteiger partial charge in [-0.05, 0) is 43.2 Å². The summed E-state index contributed by atoms with van der Waals surface area (Å²) < 4.78 is 2.07. The molecular formula is C18H23N3O2. The predicted octanol–water partition coefficient (Wildman–Crippen LogP) is 2.23. The summed E-state index contributed by atoms with van der Waals surface area (Å²) in [4.78, 5) is 14.3. The van der Waals surface area contributed by atoms with Crippen molar-refractivity contribution >= 4 is 11.6 Å². The van der Waals surface area contributed by atoms with Crippen LogP contribution in [-0.2, 0) is 13.6 Å². The maximum absolute atomic E-state index is 12.6. The third-order valence-corrected chi connectivity index (χ3v) is 4.32. The number of aliphatic hydroxyl groups excluding tert-OH is 1. The largest absolute Gasteiger partial charge is 0.391 e. The van der Waals surface area contributed by atoms with Gasteiger partial charge in [-0.2, -0.15) is 0 Å². The van der Waals surface area contributed by atoms with Gasteiger partial charge in [0.15, 0.2) is 0 Å². The van der Waals surface area contributed by atoms with E-state index < -0.39 is 6.10 Å². The summed E-state index contributed by atoms with van der Waals surface area (Å²) in [6.07, 6.45) is 3.25. The van der Waals surface area contributed by atoms with Crippen molar-refractivity contribution in [2.45, 2.75) is 25.5 Å². The molecule has 0 spiro atoms. The summed E-state index contributed by atoms with van der Waals surface area (Å²) >= 11 is 0. The summed E-state index contributed by atoms with van der Waals surface area (Å²) in [5.74, 6) is -0.00809. The van der Waals surface area contributed by atoms with Gasteiger partial charge in [-0.25, -0.2) is 0 Å². The van der Waals surface area contributed by atoms with Crippen LogP contribution < -0.4 is 5.32 Å². The lowest BCUT2D eigenvalue weighted by molar-refractivity contribution is 0.0474. The van der Waals surface area contributed by atoms with Crippen LogP contribution in [-0.4, -0.2) is 39.7 Å². The van der Waals surface area contributed by atoms with E-state index in [2.05, 4.69) is 16.0 Å². The second kappa shape index (κ2) is 6.87. The number of benzene rings is 1. The third-order valence-electron chi connectivity index (χ3n) is 4.32. The quantitative estimate of drug-likeness (QED) is 0.910. The maximum atomic E-state index is 12.6. The normalized spacial score (nSPS) is 18.0. The van der Waals surface area contributed by atoms with Gasteiger partial charge in [-0.3, -0.25) is 4.79 Å². The van der Waals surface area contributed by atoms with Gasteiger partial charge in [0.25, 0.3) is 5.91 Å². The Balaban J connectivity index is 1.67. The number of amides is 1. The molecular weight excluding hydrogens is 290 g/mol. The molecule has 0 radical (unpaired) electrons. The molecule has 5 nitrogen and oxygen atoms in total. The molecule has 1 aliphatic heterocycles. The smallest absolute Gasteiger partial charge is 0.254 e. The number of hydrogen-bond donors (Lipinski definition) is 2. The SMILES string of the molecule is Cn1cccc1CNc1cccc(C(=O)N2CCCC(O)C2)c1. The molecule has 1 saturated heterocycles. The van der Waals surface area contributed by atoms with Crippen molar-refractivity contribution in [1.29, 1.82) is 0 Å². The van der Waals surface area contributed by atoms with E-state index in [9.17, 15) is 9.90 Å². The second-order valence-electron chi connectivity index (χ2n) is 6.09. The van der Waals surface area contributed by atoms with Crippen molar-refractivity contribution in [2.24, 2.45) is 7.05 Å². The standard InChI is InChI=1S/C18H23N3O2/c1-20-9-3-7-16(20)12-19-15-6-2-5-14(11-15)18(23)21-10-4-8-17(22)13-21/h2-3,5-7,9,11,17,19,22H,4,8,10,12-13H2,1H3. The first-order valence-electron chi connectivity index (χ1n) is 8.05. The maximum Gasteiger partial charge on any atom is 0.254 e. The Labute approximate surface area is 136 Å². The van der Waals surface area contributed by atoms with Gasteiger partial charge in [-0.1, -0.05) is 6.07 Å². The number of carbonyl (C=O) groups is 1. The fraction of sp³-hybridized carbons (Fsp3) is 0.389. The average Bonchev–Trinajstić information content (AvgIpc) is 2.97. The number of β-amino-alcohol motifs (C(OH)–C–C–N with tert-alkyl or cyclic N) is 1. The van der Waals surface area contributed by atoms with Crippen LogP contribution in [0.5, 0.6) is 0 Å². The molecule has 1 unspecified atom stereocenters. The number of nitrogens with zero attached hydrogens (tertiary/aromatic N) is 2. The van der Waals surface area contributed by atoms with E-state index in [0.717, 1.165) is 25.1 Å². The average molecular weight is 313 g/mol. The van der Waals surface area contributed by atoms with Crippen LogP contribution in [0, 0.1) is 0 Å². The minimum absolute atomic E-state index is 0.00809. The van der Waals surface area contributed by atoms with Gasteiger partial charge < -0.3 is 19.9 Å². The fourth-order valence-corrected chi connectivity index (χ4v) is 2.96. The van der Waals surface area contributed by atoms with Crippen LogP contribution >= 0.6 is 0 Å². The topological polar surface area (TPSA) is 57.5 Å². The summed E-state index contributed by atoms with van der Waals surface area (Å²) in [6.45, 7) is 1.86. The molecule has 1 atom stereocenters. The summed E-state index contributed by atoms with van der Waals surface area (Å²) in [6, 6.07) is 11.6. The zero-order valence-corrected chi connectivity index (χ0v) is 13.4. The Bertz CT molecular complexity index is 680. The van der Waals surface area contributed by atoms with Crippen LogP contribution in [0.1, 0.15) is 28.9 Å². The van der Waals surface area contributed by atoms with Crippen molar-refractivity contribution in [1.82, 2.24) is 9.47 Å². The number of aromatic nitrogens is 1. The molecule has 1 aliphatic rings. The summed E-state index contributed by atoms with van der Waals surface area (Å²) in [5.41, 5.74) is 2.77. The van der Waals surface area contributed by atoms with Crippen molar-refractivity contribution in [2.75, 3.05) is 18.4 Å². The monoisotopic (exact) mass is 313 g/mol. The number of hydrogen-bond acceptors (Lipinski definition) is 3. The van der Waals surface area contributed by atoms with Crippen LogP contribution in [0.25, 0.3) is 0 Å². The molecule has 1 fully saturated rings. The Morgan fingerprint density at radius 1 is 1.35 bits per heavy atom. The lowest BCUT2D eigenvalue weighted by Gasteiger charge is -2.30. The highest BCUT2D eigenvalue weighted by atomic mass is 16.3. The van der Waals surface area contributed by atoms with E-state index >= 15 is 0 Å². The molecule has 0 bridgehead atoms. The first-order valence-corrected chi connectivity index (χ1v) is 8.05. The minimum Gasteiger partial charge on any atom is -0.391 e. The van der Waals surface area contributed by atoms with Crippen molar-refractivity contribution in [3.8, 4) is 0 Å². The first kappa shape index (κ1) is 15.6. The van der Waals surface area contributed by atoms with Crippen molar-refractivity contribution in [3.05, 3.63) is 53.9 Å². The molecule has 3 rings (SSSR count). The highest BCUT2D eigenvalue weighted by Crippen LogP contribution is 2.17. The molecule has 1 amide bonds. The van der Waals surface area contributed by atoms with Crippen LogP contribution in [0.2, 0.25) is 0 Å². The number of piperidine rings is 1. The Kier molecular flexibility index (Phi) is 4.67. The summed E-state index contributed by atoms with van der Waals surface area (Å²) in [5, 5.41) is 13.1. The number of nitrogens with one attached hydrogen (secondary N) is 1. The van der Waals surface area contributed by atoms with E-state index in [0.29, 0.717) is 18.7 Å². The van der Waals surface area contributed by atoms with Crippen LogP contribution in [0.3, 0.4) is 0 Å². The van der Waals surface area contributed by atoms with Gasteiger partial charge in [0.1, 0.15) is 0 Å². The Morgan fingerprint density at radius 2 is 2.22 bits per heavy atom. The van der Waals surface area contributed by atoms with Gasteiger partial charge in [0.05, 0.1) is 12.6 Å². The Hall–Kier alpha value is -2.27. The van der Waals surface area contributed by atoms with Gasteiger partial charge >= 0.3 is 0 Å². The lowest BCUT2D eigenvalue weighted by atomic mass is 10.1. The predicted molar refractivity (Wildman–Crippen MR) is 90.3 cm³/mol. The fourth-order valence-electron chi connectivity index (χ4n) is 2.96. The highest BCUT2D eigenvalue weighted by Gasteiger charge is 2.23. The molecule has 2 heterocycles. The molecule has 2 aromatic rings. The van der Waals surface area contributed by atoms with E-state index in [1.54, 1.807) is 4.90 Å². The molecule has 23 heavy (non-hydrogen) atoms. The minimum atomic E-state index is -0.397. The molecule has 0 aliphatic carbocycles. The molecule has 5 heteroatoms. The van der Waals surface area contributed by atoms with Crippen LogP contribution in [0.15, 0.2) is 42.6 Å². The molecule has 1 aromatic heterocycles. The van der Waals surface area contributed by atoms with Gasteiger partial charge in [0.2, 0.25) is 0 Å². The number of aliphatic hydroxyl groups is 1. The molecule has 1 aromatic carbocycles. The van der Waals surface area contributed by atoms with Crippen molar-refractivity contribution in [3.63, 3.8) is 0 Å². The Morgan fingerprint density at radius 3 is 2.96 bits per heavy atom. The van der Waals surface area contributed by atoms with Gasteiger partial charge in [0, 0.05) is 43.3 Å². The van der Waals surface area contributed by atoms with Gasteiger partial charge in [-0.15, -0.1) is 0 Å². The zero-order chi connectivity index (χ0) is 16.2. The lowest BCUT2D eigenvalue weighted by Crippen LogP contribution is -2.42. The number of rotatable bonds is 4. The van der Waals surface area contributed by atoms with E-state index in [1.165, 1.54) is 5.69 Å². The number of likely N-dealkylation sites (tertiary alicyclic amines) is 1. The molecule has 122 valence electrons. The molecule has 2 N–H and O–H groups in total. The third kappa shape index (κ3) is 3.74. The first-order chi connectivity index (χ1) is 11.1.